The van der Waals surface area contributed by atoms with Crippen LogP contribution in [0.25, 0.3) is 11.4 Å². The molecule has 6 heteroatoms. The van der Waals surface area contributed by atoms with E-state index in [2.05, 4.69) is 29.3 Å². The minimum atomic E-state index is -0.724. The second kappa shape index (κ2) is 7.90. The predicted octanol–water partition coefficient (Wildman–Crippen LogP) is 2.90. The molecule has 3 rings (SSSR count). The monoisotopic (exact) mass is 338 g/mol. The molecule has 1 atom stereocenters. The number of benzene rings is 2. The van der Waals surface area contributed by atoms with Gasteiger partial charge in [-0.05, 0) is 22.8 Å². The van der Waals surface area contributed by atoms with Crippen LogP contribution in [0.2, 0.25) is 0 Å². The number of aromatic nitrogens is 4. The molecule has 0 saturated carbocycles. The molecule has 0 fully saturated rings. The third-order valence-electron chi connectivity index (χ3n) is 3.83. The quantitative estimate of drug-likeness (QED) is 0.717. The van der Waals surface area contributed by atoms with Crippen molar-refractivity contribution in [1.82, 2.24) is 20.2 Å². The van der Waals surface area contributed by atoms with Gasteiger partial charge in [0.25, 0.3) is 0 Å². The molecule has 1 unspecified atom stereocenters. The number of hydrogen-bond donors (Lipinski definition) is 1. The molecule has 0 spiro atoms. The van der Waals surface area contributed by atoms with Gasteiger partial charge in [-0.25, -0.2) is 0 Å². The van der Waals surface area contributed by atoms with Crippen LogP contribution in [-0.2, 0) is 6.54 Å². The highest BCUT2D eigenvalue weighted by Crippen LogP contribution is 2.25. The summed E-state index contributed by atoms with van der Waals surface area (Å²) in [6.07, 6.45) is -0.724. The average Bonchev–Trinajstić information content (AvgIpc) is 3.09. The zero-order valence-corrected chi connectivity index (χ0v) is 14.4. The lowest BCUT2D eigenvalue weighted by atomic mass is 10.0. The number of aliphatic hydroxyl groups is 1. The van der Waals surface area contributed by atoms with Crippen molar-refractivity contribution in [1.29, 1.82) is 0 Å². The van der Waals surface area contributed by atoms with Crippen molar-refractivity contribution in [2.24, 2.45) is 0 Å². The van der Waals surface area contributed by atoms with Crippen molar-refractivity contribution < 1.29 is 9.84 Å². The van der Waals surface area contributed by atoms with Gasteiger partial charge in [0.15, 0.2) is 0 Å². The molecular formula is C19H22N4O2. The molecule has 0 saturated heterocycles. The SMILES string of the molecule is CC(C)c1ccccc1OCC(O)Cn1nnc(-c2ccccc2)n1. The van der Waals surface area contributed by atoms with Crippen molar-refractivity contribution in [2.45, 2.75) is 32.4 Å². The van der Waals surface area contributed by atoms with Crippen molar-refractivity contribution in [2.75, 3.05) is 6.61 Å². The topological polar surface area (TPSA) is 73.1 Å². The largest absolute Gasteiger partial charge is 0.491 e. The van der Waals surface area contributed by atoms with Crippen LogP contribution < -0.4 is 4.74 Å². The summed E-state index contributed by atoms with van der Waals surface area (Å²) in [5, 5.41) is 22.5. The van der Waals surface area contributed by atoms with Crippen LogP contribution in [0.4, 0.5) is 0 Å². The maximum Gasteiger partial charge on any atom is 0.204 e. The van der Waals surface area contributed by atoms with Gasteiger partial charge in [-0.15, -0.1) is 10.2 Å². The summed E-state index contributed by atoms with van der Waals surface area (Å²) in [7, 11) is 0. The maximum atomic E-state index is 10.2. The van der Waals surface area contributed by atoms with Gasteiger partial charge in [0.2, 0.25) is 5.82 Å². The fourth-order valence-corrected chi connectivity index (χ4v) is 2.54. The van der Waals surface area contributed by atoms with Crippen LogP contribution in [0.3, 0.4) is 0 Å². The lowest BCUT2D eigenvalue weighted by Gasteiger charge is -2.16. The summed E-state index contributed by atoms with van der Waals surface area (Å²) in [5.74, 6) is 1.70. The lowest BCUT2D eigenvalue weighted by Crippen LogP contribution is -2.25. The first kappa shape index (κ1) is 17.1. The number of hydrogen-bond acceptors (Lipinski definition) is 5. The Labute approximate surface area is 147 Å². The normalized spacial score (nSPS) is 12.3. The minimum Gasteiger partial charge on any atom is -0.491 e. The highest BCUT2D eigenvalue weighted by atomic mass is 16.5. The number of ether oxygens (including phenoxy) is 1. The number of rotatable bonds is 7. The molecule has 3 aromatic rings. The lowest BCUT2D eigenvalue weighted by molar-refractivity contribution is 0.0844. The van der Waals surface area contributed by atoms with Crippen LogP contribution in [-0.4, -0.2) is 38.0 Å². The van der Waals surface area contributed by atoms with Gasteiger partial charge in [-0.2, -0.15) is 4.80 Å². The molecule has 1 N–H and O–H groups in total. The standard InChI is InChI=1S/C19H22N4O2/c1-14(2)17-10-6-7-11-18(17)25-13-16(24)12-23-21-19(20-22-23)15-8-4-3-5-9-15/h3-11,14,16,24H,12-13H2,1-2H3. The molecule has 130 valence electrons. The number of para-hydroxylation sites is 1. The van der Waals surface area contributed by atoms with E-state index < -0.39 is 6.10 Å². The van der Waals surface area contributed by atoms with E-state index in [1.807, 2.05) is 54.6 Å². The second-order valence-corrected chi connectivity index (χ2v) is 6.19. The van der Waals surface area contributed by atoms with E-state index in [1.165, 1.54) is 4.80 Å². The van der Waals surface area contributed by atoms with E-state index in [-0.39, 0.29) is 13.2 Å². The Kier molecular flexibility index (Phi) is 5.40. The van der Waals surface area contributed by atoms with E-state index in [9.17, 15) is 5.11 Å². The number of tetrazole rings is 1. The van der Waals surface area contributed by atoms with Gasteiger partial charge in [0.1, 0.15) is 18.5 Å². The van der Waals surface area contributed by atoms with Crippen LogP contribution in [0.15, 0.2) is 54.6 Å². The molecule has 1 heterocycles. The van der Waals surface area contributed by atoms with Gasteiger partial charge < -0.3 is 9.84 Å². The van der Waals surface area contributed by atoms with Gasteiger partial charge >= 0.3 is 0 Å². The van der Waals surface area contributed by atoms with E-state index >= 15 is 0 Å². The van der Waals surface area contributed by atoms with Gasteiger partial charge in [-0.3, -0.25) is 0 Å². The Bertz CT molecular complexity index is 802. The van der Waals surface area contributed by atoms with E-state index in [0.29, 0.717) is 11.7 Å². The fourth-order valence-electron chi connectivity index (χ4n) is 2.54. The zero-order valence-electron chi connectivity index (χ0n) is 14.4. The van der Waals surface area contributed by atoms with Crippen LogP contribution in [0.5, 0.6) is 5.75 Å². The van der Waals surface area contributed by atoms with Gasteiger partial charge in [0, 0.05) is 5.56 Å². The van der Waals surface area contributed by atoms with Crippen LogP contribution in [0.1, 0.15) is 25.3 Å². The third kappa shape index (κ3) is 4.42. The molecule has 0 aliphatic heterocycles. The minimum absolute atomic E-state index is 0.173. The van der Waals surface area contributed by atoms with E-state index in [0.717, 1.165) is 16.9 Å². The Morgan fingerprint density at radius 2 is 1.76 bits per heavy atom. The first-order chi connectivity index (χ1) is 12.1. The summed E-state index contributed by atoms with van der Waals surface area (Å²) in [5.41, 5.74) is 2.02. The number of nitrogens with zero attached hydrogens (tertiary/aromatic N) is 4. The van der Waals surface area contributed by atoms with E-state index in [1.54, 1.807) is 0 Å². The molecule has 0 bridgehead atoms. The molecule has 2 aromatic carbocycles. The summed E-state index contributed by atoms with van der Waals surface area (Å²) < 4.78 is 5.78. The Morgan fingerprint density at radius 1 is 1.04 bits per heavy atom. The van der Waals surface area contributed by atoms with Crippen molar-refractivity contribution in [3.63, 3.8) is 0 Å². The Balaban J connectivity index is 1.59. The maximum absolute atomic E-state index is 10.2. The van der Waals surface area contributed by atoms with E-state index in [4.69, 9.17) is 4.74 Å². The third-order valence-corrected chi connectivity index (χ3v) is 3.83. The Hall–Kier alpha value is -2.73. The first-order valence-electron chi connectivity index (χ1n) is 8.36. The molecule has 0 amide bonds. The highest BCUT2D eigenvalue weighted by Gasteiger charge is 2.13. The smallest absolute Gasteiger partial charge is 0.204 e. The molecular weight excluding hydrogens is 316 g/mol. The number of aliphatic hydroxyl groups excluding tert-OH is 1. The summed E-state index contributed by atoms with van der Waals surface area (Å²) in [4.78, 5) is 1.39. The summed E-state index contributed by atoms with van der Waals surface area (Å²) >= 11 is 0. The van der Waals surface area contributed by atoms with Crippen molar-refractivity contribution >= 4 is 0 Å². The average molecular weight is 338 g/mol. The first-order valence-corrected chi connectivity index (χ1v) is 8.36. The summed E-state index contributed by atoms with van der Waals surface area (Å²) in [6, 6.07) is 17.5. The van der Waals surface area contributed by atoms with Crippen LogP contribution in [0, 0.1) is 0 Å². The molecule has 1 aromatic heterocycles. The molecule has 0 aliphatic rings. The van der Waals surface area contributed by atoms with Crippen LogP contribution >= 0.6 is 0 Å². The highest BCUT2D eigenvalue weighted by molar-refractivity contribution is 5.52. The second-order valence-electron chi connectivity index (χ2n) is 6.19. The van der Waals surface area contributed by atoms with Crippen molar-refractivity contribution in [3.8, 4) is 17.1 Å². The molecule has 0 aliphatic carbocycles. The fraction of sp³-hybridized carbons (Fsp3) is 0.316. The predicted molar refractivity (Wildman–Crippen MR) is 95.3 cm³/mol. The summed E-state index contributed by atoms with van der Waals surface area (Å²) in [6.45, 7) is 4.63. The molecule has 6 nitrogen and oxygen atoms in total. The van der Waals surface area contributed by atoms with Gasteiger partial charge in [-0.1, -0.05) is 62.4 Å². The molecule has 0 radical (unpaired) electrons. The molecule has 25 heavy (non-hydrogen) atoms. The zero-order chi connectivity index (χ0) is 17.6. The Morgan fingerprint density at radius 3 is 2.52 bits per heavy atom. The van der Waals surface area contributed by atoms with Crippen molar-refractivity contribution in [3.05, 3.63) is 60.2 Å². The van der Waals surface area contributed by atoms with Gasteiger partial charge in [0.05, 0.1) is 6.54 Å².